The van der Waals surface area contributed by atoms with E-state index in [0.29, 0.717) is 11.6 Å². The van der Waals surface area contributed by atoms with Crippen molar-refractivity contribution in [3.8, 4) is 0 Å². The van der Waals surface area contributed by atoms with Crippen molar-refractivity contribution in [3.05, 3.63) is 34.9 Å². The minimum atomic E-state index is -0.646. The van der Waals surface area contributed by atoms with E-state index in [9.17, 15) is 4.79 Å². The number of hydrogen-bond acceptors (Lipinski definition) is 3. The largest absolute Gasteiger partial charge is 0.383 e. The molecule has 1 unspecified atom stereocenters. The molecular formula is C11H16Cl2N2O2. The Morgan fingerprint density at radius 1 is 1.53 bits per heavy atom. The summed E-state index contributed by atoms with van der Waals surface area (Å²) in [5.74, 6) is -0.248. The van der Waals surface area contributed by atoms with Crippen LogP contribution in [0.1, 0.15) is 5.56 Å². The Kier molecular flexibility index (Phi) is 7.91. The molecule has 0 radical (unpaired) electrons. The molecule has 0 heterocycles. The first-order valence-corrected chi connectivity index (χ1v) is 5.28. The summed E-state index contributed by atoms with van der Waals surface area (Å²) in [5, 5.41) is 3.32. The van der Waals surface area contributed by atoms with E-state index in [2.05, 4.69) is 5.32 Å². The Hall–Kier alpha value is -0.810. The molecular weight excluding hydrogens is 263 g/mol. The van der Waals surface area contributed by atoms with Gasteiger partial charge in [0.2, 0.25) is 5.91 Å². The van der Waals surface area contributed by atoms with Gasteiger partial charge in [-0.1, -0.05) is 29.8 Å². The molecule has 0 saturated carbocycles. The van der Waals surface area contributed by atoms with E-state index in [4.69, 9.17) is 22.1 Å². The first kappa shape index (κ1) is 16.2. The summed E-state index contributed by atoms with van der Waals surface area (Å²) in [6.45, 7) is 0.574. The fourth-order valence-electron chi connectivity index (χ4n) is 1.21. The lowest BCUT2D eigenvalue weighted by molar-refractivity contribution is -0.123. The second-order valence-corrected chi connectivity index (χ2v) is 3.78. The lowest BCUT2D eigenvalue weighted by atomic mass is 10.2. The van der Waals surface area contributed by atoms with Crippen LogP contribution in [0.2, 0.25) is 5.02 Å². The molecule has 1 aromatic carbocycles. The first-order valence-electron chi connectivity index (χ1n) is 4.90. The number of ether oxygens (including phenoxy) is 1. The summed E-state index contributed by atoms with van der Waals surface area (Å²) in [7, 11) is 1.50. The molecule has 1 amide bonds. The Bertz CT molecular complexity index is 361. The zero-order valence-corrected chi connectivity index (χ0v) is 11.1. The Morgan fingerprint density at radius 3 is 2.76 bits per heavy atom. The van der Waals surface area contributed by atoms with Gasteiger partial charge in [-0.05, 0) is 11.6 Å². The van der Waals surface area contributed by atoms with Crippen LogP contribution in [0.3, 0.4) is 0 Å². The highest BCUT2D eigenvalue weighted by Crippen LogP contribution is 2.14. The quantitative estimate of drug-likeness (QED) is 0.855. The van der Waals surface area contributed by atoms with Crippen LogP contribution in [0, 0.1) is 0 Å². The molecule has 0 aliphatic heterocycles. The van der Waals surface area contributed by atoms with Crippen molar-refractivity contribution >= 4 is 29.9 Å². The van der Waals surface area contributed by atoms with Gasteiger partial charge in [0, 0.05) is 18.7 Å². The lowest BCUT2D eigenvalue weighted by Crippen LogP contribution is -2.43. The van der Waals surface area contributed by atoms with Crippen LogP contribution in [0.5, 0.6) is 0 Å². The molecule has 3 N–H and O–H groups in total. The van der Waals surface area contributed by atoms with Crippen molar-refractivity contribution in [1.82, 2.24) is 5.32 Å². The van der Waals surface area contributed by atoms with E-state index in [0.717, 1.165) is 5.56 Å². The van der Waals surface area contributed by atoms with E-state index < -0.39 is 6.04 Å². The molecule has 6 heteroatoms. The van der Waals surface area contributed by atoms with Crippen LogP contribution < -0.4 is 11.1 Å². The molecule has 96 valence electrons. The van der Waals surface area contributed by atoms with Crippen molar-refractivity contribution in [3.63, 3.8) is 0 Å². The highest BCUT2D eigenvalue weighted by molar-refractivity contribution is 6.31. The molecule has 1 atom stereocenters. The van der Waals surface area contributed by atoms with Gasteiger partial charge < -0.3 is 15.8 Å². The van der Waals surface area contributed by atoms with Crippen LogP contribution in [-0.4, -0.2) is 25.7 Å². The van der Waals surface area contributed by atoms with Crippen LogP contribution in [0.25, 0.3) is 0 Å². The predicted octanol–water partition coefficient (Wildman–Crippen LogP) is 1.35. The fourth-order valence-corrected chi connectivity index (χ4v) is 1.41. The molecule has 0 aromatic heterocycles. The molecule has 0 aliphatic carbocycles. The van der Waals surface area contributed by atoms with Crippen molar-refractivity contribution < 1.29 is 9.53 Å². The normalized spacial score (nSPS) is 11.5. The second kappa shape index (κ2) is 8.31. The molecule has 0 aliphatic rings. The van der Waals surface area contributed by atoms with Crippen molar-refractivity contribution in [2.45, 2.75) is 12.6 Å². The topological polar surface area (TPSA) is 64.3 Å². The first-order chi connectivity index (χ1) is 7.65. The Labute approximate surface area is 112 Å². The zero-order chi connectivity index (χ0) is 12.0. The maximum Gasteiger partial charge on any atom is 0.239 e. The van der Waals surface area contributed by atoms with E-state index in [1.54, 1.807) is 6.07 Å². The summed E-state index contributed by atoms with van der Waals surface area (Å²) < 4.78 is 4.79. The number of hydrogen-bond donors (Lipinski definition) is 2. The van der Waals surface area contributed by atoms with Gasteiger partial charge in [-0.3, -0.25) is 4.79 Å². The molecule has 0 saturated heterocycles. The molecule has 1 rings (SSSR count). The number of halogens is 2. The van der Waals surface area contributed by atoms with Crippen LogP contribution in [0.15, 0.2) is 24.3 Å². The van der Waals surface area contributed by atoms with E-state index in [1.165, 1.54) is 7.11 Å². The summed E-state index contributed by atoms with van der Waals surface area (Å²) in [6.07, 6.45) is 0. The third kappa shape index (κ3) is 5.37. The molecule has 0 fully saturated rings. The number of carbonyl (C=O) groups is 1. The number of rotatable bonds is 5. The van der Waals surface area contributed by atoms with E-state index in [1.807, 2.05) is 18.2 Å². The highest BCUT2D eigenvalue weighted by Gasteiger charge is 2.12. The summed E-state index contributed by atoms with van der Waals surface area (Å²) in [6, 6.07) is 6.68. The SMILES string of the molecule is COCC(N)C(=O)NCc1ccccc1Cl.Cl. The summed E-state index contributed by atoms with van der Waals surface area (Å²) in [4.78, 5) is 11.5. The molecule has 4 nitrogen and oxygen atoms in total. The number of carbonyl (C=O) groups excluding carboxylic acids is 1. The van der Waals surface area contributed by atoms with Gasteiger partial charge in [-0.2, -0.15) is 0 Å². The van der Waals surface area contributed by atoms with Crippen molar-refractivity contribution in [2.24, 2.45) is 5.73 Å². The third-order valence-electron chi connectivity index (χ3n) is 2.09. The van der Waals surface area contributed by atoms with Crippen LogP contribution in [-0.2, 0) is 16.1 Å². The fraction of sp³-hybridized carbons (Fsp3) is 0.364. The van der Waals surface area contributed by atoms with E-state index in [-0.39, 0.29) is 24.9 Å². The maximum absolute atomic E-state index is 11.5. The van der Waals surface area contributed by atoms with Gasteiger partial charge in [0.05, 0.1) is 6.61 Å². The summed E-state index contributed by atoms with van der Waals surface area (Å²) in [5.41, 5.74) is 6.42. The van der Waals surface area contributed by atoms with Gasteiger partial charge in [0.15, 0.2) is 0 Å². The number of nitrogens with two attached hydrogens (primary N) is 1. The summed E-state index contributed by atoms with van der Waals surface area (Å²) >= 11 is 5.94. The zero-order valence-electron chi connectivity index (χ0n) is 9.48. The monoisotopic (exact) mass is 278 g/mol. The van der Waals surface area contributed by atoms with Gasteiger partial charge in [-0.25, -0.2) is 0 Å². The van der Waals surface area contributed by atoms with Crippen molar-refractivity contribution in [1.29, 1.82) is 0 Å². The average Bonchev–Trinajstić information content (AvgIpc) is 2.28. The molecule has 1 aromatic rings. The highest BCUT2D eigenvalue weighted by atomic mass is 35.5. The number of benzene rings is 1. The van der Waals surface area contributed by atoms with Crippen LogP contribution >= 0.6 is 24.0 Å². The number of nitrogens with one attached hydrogen (secondary N) is 1. The molecule has 17 heavy (non-hydrogen) atoms. The smallest absolute Gasteiger partial charge is 0.239 e. The Morgan fingerprint density at radius 2 is 2.18 bits per heavy atom. The van der Waals surface area contributed by atoms with Gasteiger partial charge in [0.25, 0.3) is 0 Å². The number of methoxy groups -OCH3 is 1. The third-order valence-corrected chi connectivity index (χ3v) is 2.46. The van der Waals surface area contributed by atoms with E-state index >= 15 is 0 Å². The Balaban J connectivity index is 0.00000256. The average molecular weight is 279 g/mol. The van der Waals surface area contributed by atoms with Gasteiger partial charge in [0.1, 0.15) is 6.04 Å². The minimum absolute atomic E-state index is 0. The van der Waals surface area contributed by atoms with Gasteiger partial charge in [-0.15, -0.1) is 12.4 Å². The standard InChI is InChI=1S/C11H15ClN2O2.ClH/c1-16-7-10(13)11(15)14-6-8-4-2-3-5-9(8)12;/h2-5,10H,6-7,13H2,1H3,(H,14,15);1H. The molecule has 0 spiro atoms. The minimum Gasteiger partial charge on any atom is -0.383 e. The van der Waals surface area contributed by atoms with Crippen molar-refractivity contribution in [2.75, 3.05) is 13.7 Å². The predicted molar refractivity (Wildman–Crippen MR) is 70.4 cm³/mol. The maximum atomic E-state index is 11.5. The second-order valence-electron chi connectivity index (χ2n) is 3.37. The molecule has 0 bridgehead atoms. The van der Waals surface area contributed by atoms with Gasteiger partial charge >= 0.3 is 0 Å². The number of amides is 1. The lowest BCUT2D eigenvalue weighted by Gasteiger charge is -2.11. The van der Waals surface area contributed by atoms with Crippen LogP contribution in [0.4, 0.5) is 0 Å².